The first-order valence-electron chi connectivity index (χ1n) is 23.2. The van der Waals surface area contributed by atoms with Crippen molar-refractivity contribution in [1.82, 2.24) is 4.90 Å². The summed E-state index contributed by atoms with van der Waals surface area (Å²) in [5, 5.41) is 24.0. The lowest BCUT2D eigenvalue weighted by Gasteiger charge is -2.47. The molecule has 356 valence electrons. The van der Waals surface area contributed by atoms with Crippen molar-refractivity contribution in [2.24, 2.45) is 35.3 Å². The molecule has 5 rings (SSSR count). The van der Waals surface area contributed by atoms with Gasteiger partial charge in [-0.15, -0.1) is 6.58 Å². The number of methoxy groups -OCH3 is 3. The molecule has 1 aromatic carbocycles. The molecule has 14 nitrogen and oxygen atoms in total. The van der Waals surface area contributed by atoms with Gasteiger partial charge in [0.05, 0.1) is 25.4 Å². The molecule has 3 fully saturated rings. The van der Waals surface area contributed by atoms with Crippen LogP contribution in [0.25, 0.3) is 0 Å². The number of fused-ring (bicyclic) bond motifs is 3. The SMILES string of the molecule is C=CCC1C=C(C)CC(C)CC(OC)C2OC(O)(C(=O)C(=O)N3CCCCC3C(=O)OC(C(C)=CC3CCC(N)C(Oc4ccc(OC)cc4)C3)C(C)C(O)CC1=O)C(C)CC2OC. The van der Waals surface area contributed by atoms with Crippen LogP contribution < -0.4 is 15.2 Å². The molecular formula is C50H74N2O12. The van der Waals surface area contributed by atoms with E-state index in [0.717, 1.165) is 12.0 Å². The van der Waals surface area contributed by atoms with Crippen molar-refractivity contribution in [1.29, 1.82) is 0 Å². The molecule has 0 spiro atoms. The van der Waals surface area contributed by atoms with E-state index in [1.807, 2.05) is 57.2 Å². The Hall–Kier alpha value is -3.92. The Morgan fingerprint density at radius 1 is 0.938 bits per heavy atom. The zero-order chi connectivity index (χ0) is 46.9. The monoisotopic (exact) mass is 895 g/mol. The summed E-state index contributed by atoms with van der Waals surface area (Å²) in [6.45, 7) is 13.2. The van der Waals surface area contributed by atoms with Gasteiger partial charge in [-0.25, -0.2) is 4.79 Å². The second kappa shape index (κ2) is 23.0. The van der Waals surface area contributed by atoms with Crippen molar-refractivity contribution in [2.45, 2.75) is 160 Å². The number of carbonyl (C=O) groups excluding carboxylic acids is 4. The molecule has 4 aliphatic rings. The summed E-state index contributed by atoms with van der Waals surface area (Å²) in [7, 11) is 4.66. The number of ether oxygens (including phenoxy) is 6. The van der Waals surface area contributed by atoms with Crippen LogP contribution in [-0.4, -0.2) is 121 Å². The summed E-state index contributed by atoms with van der Waals surface area (Å²) in [4.78, 5) is 58.5. The molecule has 0 aromatic heterocycles. The van der Waals surface area contributed by atoms with Crippen LogP contribution in [0, 0.1) is 29.6 Å². The number of esters is 1. The lowest BCUT2D eigenvalue weighted by atomic mass is 9.81. The maximum atomic E-state index is 14.5. The van der Waals surface area contributed by atoms with Gasteiger partial charge < -0.3 is 49.3 Å². The standard InChI is InChI=1S/C50H74N2O12/c1-10-13-35-23-29(2)22-30(3)24-43(60-8)46-44(61-9)26-32(5)50(58,64-46)47(55)48(56)52-21-12-11-14-39(52)49(57)63-45(33(6)40(53)28-41(35)54)31(4)25-34-15-20-38(51)42(27-34)62-37-18-16-36(59-7)17-19-37/h10,16-19,23,25,30,32-35,38-40,42-46,53,58H,1,11-15,20-22,24,26-28,51H2,2-9H3. The fraction of sp³-hybridized carbons (Fsp3) is 0.680. The Labute approximate surface area is 379 Å². The Kier molecular flexibility index (Phi) is 18.4. The minimum absolute atomic E-state index is 0.00302. The quantitative estimate of drug-likeness (QED) is 0.148. The van der Waals surface area contributed by atoms with Crippen LogP contribution in [0.15, 0.2) is 60.2 Å². The van der Waals surface area contributed by atoms with Gasteiger partial charge in [-0.2, -0.15) is 0 Å². The average molecular weight is 895 g/mol. The highest BCUT2D eigenvalue weighted by molar-refractivity contribution is 6.39. The van der Waals surface area contributed by atoms with Crippen molar-refractivity contribution in [3.63, 3.8) is 0 Å². The van der Waals surface area contributed by atoms with E-state index in [4.69, 9.17) is 34.2 Å². The molecular weight excluding hydrogens is 821 g/mol. The van der Waals surface area contributed by atoms with Gasteiger partial charge >= 0.3 is 5.97 Å². The molecule has 14 unspecified atom stereocenters. The fourth-order valence-corrected chi connectivity index (χ4v) is 10.2. The van der Waals surface area contributed by atoms with Gasteiger partial charge in [0.15, 0.2) is 0 Å². The third kappa shape index (κ3) is 12.3. The van der Waals surface area contributed by atoms with Gasteiger partial charge in [0.2, 0.25) is 5.79 Å². The molecule has 2 saturated heterocycles. The molecule has 1 aromatic rings. The largest absolute Gasteiger partial charge is 0.497 e. The average Bonchev–Trinajstić information content (AvgIpc) is 3.28. The number of aliphatic hydroxyl groups is 2. The number of hydrogen-bond acceptors (Lipinski definition) is 13. The van der Waals surface area contributed by atoms with E-state index in [2.05, 4.69) is 6.58 Å². The predicted molar refractivity (Wildman–Crippen MR) is 241 cm³/mol. The first-order valence-corrected chi connectivity index (χ1v) is 23.2. The molecule has 1 saturated carbocycles. The number of nitrogens with two attached hydrogens (primary N) is 1. The summed E-state index contributed by atoms with van der Waals surface area (Å²) in [6.07, 6.45) is 5.83. The zero-order valence-corrected chi connectivity index (χ0v) is 39.2. The topological polar surface area (TPSA) is 193 Å². The van der Waals surface area contributed by atoms with E-state index < -0.39 is 77.8 Å². The van der Waals surface area contributed by atoms with Gasteiger partial charge in [-0.1, -0.05) is 44.6 Å². The number of ketones is 2. The van der Waals surface area contributed by atoms with Crippen molar-refractivity contribution in [2.75, 3.05) is 27.9 Å². The number of amides is 1. The highest BCUT2D eigenvalue weighted by atomic mass is 16.7. The van der Waals surface area contributed by atoms with Gasteiger partial charge in [-0.05, 0) is 120 Å². The summed E-state index contributed by atoms with van der Waals surface area (Å²) >= 11 is 0. The van der Waals surface area contributed by atoms with Crippen LogP contribution in [0.2, 0.25) is 0 Å². The number of aliphatic hydroxyl groups excluding tert-OH is 1. The van der Waals surface area contributed by atoms with E-state index in [9.17, 15) is 29.4 Å². The number of carbonyl (C=O) groups is 4. The molecule has 4 N–H and O–H groups in total. The normalized spacial score (nSPS) is 36.8. The van der Waals surface area contributed by atoms with Gasteiger partial charge in [0.25, 0.3) is 11.7 Å². The Morgan fingerprint density at radius 3 is 2.27 bits per heavy atom. The molecule has 14 atom stereocenters. The number of piperidine rings is 1. The number of nitrogens with zero attached hydrogens (tertiary/aromatic N) is 1. The minimum atomic E-state index is -2.52. The smallest absolute Gasteiger partial charge is 0.329 e. The van der Waals surface area contributed by atoms with Crippen LogP contribution in [0.1, 0.15) is 105 Å². The van der Waals surface area contributed by atoms with Crippen LogP contribution in [0.4, 0.5) is 0 Å². The van der Waals surface area contributed by atoms with Gasteiger partial charge in [0.1, 0.15) is 41.6 Å². The third-order valence-electron chi connectivity index (χ3n) is 14.0. The second-order valence-electron chi connectivity index (χ2n) is 18.9. The van der Waals surface area contributed by atoms with Crippen molar-refractivity contribution < 1.29 is 57.8 Å². The summed E-state index contributed by atoms with van der Waals surface area (Å²) < 4.78 is 36.1. The van der Waals surface area contributed by atoms with Gasteiger partial charge in [0, 0.05) is 51.0 Å². The number of cyclic esters (lactones) is 1. The summed E-state index contributed by atoms with van der Waals surface area (Å²) in [5.74, 6) is -6.44. The fourth-order valence-electron chi connectivity index (χ4n) is 10.2. The minimum Gasteiger partial charge on any atom is -0.497 e. The summed E-state index contributed by atoms with van der Waals surface area (Å²) in [6, 6.07) is 5.96. The second-order valence-corrected chi connectivity index (χ2v) is 18.9. The maximum Gasteiger partial charge on any atom is 0.329 e. The zero-order valence-electron chi connectivity index (χ0n) is 39.2. The van der Waals surface area contributed by atoms with Crippen LogP contribution in [-0.2, 0) is 38.1 Å². The van der Waals surface area contributed by atoms with E-state index in [0.29, 0.717) is 62.0 Å². The Balaban J connectivity index is 1.51. The van der Waals surface area contributed by atoms with E-state index in [1.165, 1.54) is 19.1 Å². The van der Waals surface area contributed by atoms with E-state index in [-0.39, 0.29) is 55.6 Å². The number of rotatable bonds is 9. The maximum absolute atomic E-state index is 14.5. The molecule has 64 heavy (non-hydrogen) atoms. The Morgan fingerprint density at radius 2 is 1.61 bits per heavy atom. The lowest BCUT2D eigenvalue weighted by Crippen LogP contribution is -2.64. The molecule has 3 heterocycles. The van der Waals surface area contributed by atoms with Crippen molar-refractivity contribution in [3.8, 4) is 11.5 Å². The molecule has 2 bridgehead atoms. The molecule has 14 heteroatoms. The first-order chi connectivity index (χ1) is 30.4. The number of Topliss-reactive ketones (excluding diaryl/α,β-unsaturated/α-hetero) is 2. The van der Waals surface area contributed by atoms with Crippen LogP contribution >= 0.6 is 0 Å². The lowest BCUT2D eigenvalue weighted by molar-refractivity contribution is -0.302. The van der Waals surface area contributed by atoms with Crippen molar-refractivity contribution >= 4 is 23.4 Å². The van der Waals surface area contributed by atoms with Crippen molar-refractivity contribution in [3.05, 3.63) is 60.2 Å². The number of hydrogen-bond donors (Lipinski definition) is 3. The van der Waals surface area contributed by atoms with Crippen LogP contribution in [0.3, 0.4) is 0 Å². The van der Waals surface area contributed by atoms with Crippen LogP contribution in [0.5, 0.6) is 11.5 Å². The first kappa shape index (κ1) is 51.1. The van der Waals surface area contributed by atoms with E-state index >= 15 is 0 Å². The Bertz CT molecular complexity index is 1830. The number of allylic oxidation sites excluding steroid dienone is 4. The molecule has 3 aliphatic heterocycles. The highest BCUT2D eigenvalue weighted by Gasteiger charge is 2.56. The molecule has 0 radical (unpaired) electrons. The predicted octanol–water partition coefficient (Wildman–Crippen LogP) is 6.05. The number of benzene rings is 1. The van der Waals surface area contributed by atoms with Gasteiger partial charge in [-0.3, -0.25) is 14.4 Å². The summed E-state index contributed by atoms with van der Waals surface area (Å²) in [5.41, 5.74) is 8.19. The molecule has 1 aliphatic carbocycles. The van der Waals surface area contributed by atoms with E-state index in [1.54, 1.807) is 27.0 Å². The third-order valence-corrected chi connectivity index (χ3v) is 14.0. The molecule has 1 amide bonds. The highest BCUT2D eigenvalue weighted by Crippen LogP contribution is 2.39.